The highest BCUT2D eigenvalue weighted by molar-refractivity contribution is 7.92. The molecule has 1 spiro atoms. The van der Waals surface area contributed by atoms with E-state index >= 15 is 0 Å². The minimum absolute atomic E-state index is 0.0297. The standard InChI is InChI=1S/C24H29N3O5S/c1-31-19-7-2-3-8-21(19)33(29,30)26-17-15-18-22(25-23(28)24(18)9-6-10-24)20(16-17)32-14-13-27-11-4-5-12-27/h2-3,7-8,15-16,26H,4-6,9-14H2,1H3,(H,25,28). The maximum Gasteiger partial charge on any atom is 0.265 e. The number of methoxy groups -OCH3 is 1. The van der Waals surface area contributed by atoms with Crippen LogP contribution in [-0.4, -0.2) is 52.6 Å². The van der Waals surface area contributed by atoms with Crippen LogP contribution in [0.25, 0.3) is 0 Å². The Hall–Kier alpha value is -2.78. The largest absolute Gasteiger partial charge is 0.495 e. The van der Waals surface area contributed by atoms with Gasteiger partial charge in [0.2, 0.25) is 5.91 Å². The highest BCUT2D eigenvalue weighted by Gasteiger charge is 2.52. The van der Waals surface area contributed by atoms with E-state index in [-0.39, 0.29) is 16.6 Å². The molecule has 2 aromatic rings. The zero-order valence-electron chi connectivity index (χ0n) is 18.7. The van der Waals surface area contributed by atoms with Crippen molar-refractivity contribution in [1.82, 2.24) is 4.90 Å². The van der Waals surface area contributed by atoms with Gasteiger partial charge in [0, 0.05) is 12.6 Å². The van der Waals surface area contributed by atoms with Gasteiger partial charge in [0.25, 0.3) is 10.0 Å². The summed E-state index contributed by atoms with van der Waals surface area (Å²) in [6, 6.07) is 9.91. The Morgan fingerprint density at radius 2 is 1.85 bits per heavy atom. The molecule has 3 aliphatic rings. The number of fused-ring (bicyclic) bond motifs is 2. The Kier molecular flexibility index (Phi) is 5.70. The van der Waals surface area contributed by atoms with Gasteiger partial charge in [-0.15, -0.1) is 0 Å². The van der Waals surface area contributed by atoms with Gasteiger partial charge in [0.15, 0.2) is 0 Å². The van der Waals surface area contributed by atoms with Gasteiger partial charge in [-0.25, -0.2) is 8.42 Å². The van der Waals surface area contributed by atoms with E-state index in [0.717, 1.165) is 44.5 Å². The van der Waals surface area contributed by atoms with Gasteiger partial charge in [-0.1, -0.05) is 18.6 Å². The number of para-hydroxylation sites is 1. The second-order valence-electron chi connectivity index (χ2n) is 8.94. The van der Waals surface area contributed by atoms with E-state index in [9.17, 15) is 13.2 Å². The number of hydrogen-bond acceptors (Lipinski definition) is 6. The SMILES string of the molecule is COc1ccccc1S(=O)(=O)Nc1cc(OCCN2CCCC2)c2c(c1)C1(CCC1)C(=O)N2. The number of nitrogens with zero attached hydrogens (tertiary/aromatic N) is 1. The van der Waals surface area contributed by atoms with Crippen molar-refractivity contribution in [3.05, 3.63) is 42.0 Å². The number of rotatable bonds is 8. The highest BCUT2D eigenvalue weighted by Crippen LogP contribution is 2.54. The lowest BCUT2D eigenvalue weighted by Gasteiger charge is -2.36. The van der Waals surface area contributed by atoms with Crippen LogP contribution < -0.4 is 19.5 Å². The third-order valence-corrected chi connectivity index (χ3v) is 8.39. The van der Waals surface area contributed by atoms with Crippen molar-refractivity contribution in [3.63, 3.8) is 0 Å². The molecule has 8 nitrogen and oxygen atoms in total. The van der Waals surface area contributed by atoms with Crippen molar-refractivity contribution in [2.24, 2.45) is 0 Å². The average molecular weight is 472 g/mol. The molecule has 0 bridgehead atoms. The number of sulfonamides is 1. The summed E-state index contributed by atoms with van der Waals surface area (Å²) in [6.07, 6.45) is 4.88. The van der Waals surface area contributed by atoms with Crippen LogP contribution in [0.4, 0.5) is 11.4 Å². The first-order valence-electron chi connectivity index (χ1n) is 11.4. The predicted molar refractivity (Wildman–Crippen MR) is 126 cm³/mol. The number of anilines is 2. The summed E-state index contributed by atoms with van der Waals surface area (Å²) in [5.41, 5.74) is 1.27. The fraction of sp³-hybridized carbons (Fsp3) is 0.458. The van der Waals surface area contributed by atoms with Crippen molar-refractivity contribution in [1.29, 1.82) is 0 Å². The number of likely N-dealkylation sites (tertiary alicyclic amines) is 1. The molecule has 9 heteroatoms. The van der Waals surface area contributed by atoms with E-state index in [1.54, 1.807) is 30.3 Å². The highest BCUT2D eigenvalue weighted by atomic mass is 32.2. The molecule has 0 aromatic heterocycles. The molecule has 0 unspecified atom stereocenters. The van der Waals surface area contributed by atoms with Gasteiger partial charge in [0.05, 0.1) is 23.9 Å². The van der Waals surface area contributed by atoms with E-state index in [2.05, 4.69) is 14.9 Å². The lowest BCUT2D eigenvalue weighted by molar-refractivity contribution is -0.123. The predicted octanol–water partition coefficient (Wildman–Crippen LogP) is 3.34. The molecule has 0 radical (unpaired) electrons. The average Bonchev–Trinajstić information content (AvgIpc) is 3.38. The van der Waals surface area contributed by atoms with Gasteiger partial charge in [-0.3, -0.25) is 14.4 Å². The number of benzene rings is 2. The minimum Gasteiger partial charge on any atom is -0.495 e. The van der Waals surface area contributed by atoms with Crippen LogP contribution in [-0.2, 0) is 20.2 Å². The number of hydrogen-bond donors (Lipinski definition) is 2. The fourth-order valence-corrected chi connectivity index (χ4v) is 6.23. The normalized spacial score (nSPS) is 19.1. The van der Waals surface area contributed by atoms with Crippen LogP contribution in [0.5, 0.6) is 11.5 Å². The smallest absolute Gasteiger partial charge is 0.265 e. The molecular formula is C24H29N3O5S. The van der Waals surface area contributed by atoms with Gasteiger partial charge in [0.1, 0.15) is 23.0 Å². The molecule has 1 aliphatic carbocycles. The maximum absolute atomic E-state index is 13.2. The van der Waals surface area contributed by atoms with Crippen LogP contribution in [0.15, 0.2) is 41.3 Å². The Balaban J connectivity index is 1.46. The third-order valence-electron chi connectivity index (χ3n) is 6.97. The summed E-state index contributed by atoms with van der Waals surface area (Å²) in [7, 11) is -2.47. The van der Waals surface area contributed by atoms with Crippen molar-refractivity contribution >= 4 is 27.3 Å². The minimum atomic E-state index is -3.91. The summed E-state index contributed by atoms with van der Waals surface area (Å²) in [6.45, 7) is 3.41. The first-order valence-corrected chi connectivity index (χ1v) is 12.9. The lowest BCUT2D eigenvalue weighted by Crippen LogP contribution is -2.40. The summed E-state index contributed by atoms with van der Waals surface area (Å²) < 4.78 is 40.4. The Morgan fingerprint density at radius 1 is 1.09 bits per heavy atom. The molecule has 2 heterocycles. The van der Waals surface area contributed by atoms with Gasteiger partial charge in [-0.05, 0) is 62.5 Å². The second-order valence-corrected chi connectivity index (χ2v) is 10.6. The third kappa shape index (κ3) is 3.93. The number of ether oxygens (including phenoxy) is 2. The first kappa shape index (κ1) is 22.0. The van der Waals surface area contributed by atoms with Crippen LogP contribution in [0, 0.1) is 0 Å². The number of nitrogens with one attached hydrogen (secondary N) is 2. The van der Waals surface area contributed by atoms with E-state index in [4.69, 9.17) is 9.47 Å². The second kappa shape index (κ2) is 8.53. The first-order chi connectivity index (χ1) is 15.9. The summed E-state index contributed by atoms with van der Waals surface area (Å²) in [5, 5.41) is 3.00. The Morgan fingerprint density at radius 3 is 2.55 bits per heavy atom. The van der Waals surface area contributed by atoms with Crippen molar-refractivity contribution in [3.8, 4) is 11.5 Å². The molecule has 0 atom stereocenters. The van der Waals surface area contributed by atoms with Gasteiger partial charge in [-0.2, -0.15) is 0 Å². The number of carbonyl (C=O) groups excluding carboxylic acids is 1. The zero-order chi connectivity index (χ0) is 23.1. The molecule has 1 amide bonds. The van der Waals surface area contributed by atoms with E-state index in [1.165, 1.54) is 26.0 Å². The molecule has 2 fully saturated rings. The fourth-order valence-electron chi connectivity index (χ4n) is 5.02. The van der Waals surface area contributed by atoms with Crippen molar-refractivity contribution in [2.75, 3.05) is 43.4 Å². The Labute approximate surface area is 194 Å². The van der Waals surface area contributed by atoms with Crippen molar-refractivity contribution in [2.45, 2.75) is 42.4 Å². The molecule has 176 valence electrons. The maximum atomic E-state index is 13.2. The summed E-state index contributed by atoms with van der Waals surface area (Å²) >= 11 is 0. The molecule has 2 aromatic carbocycles. The van der Waals surface area contributed by atoms with Gasteiger partial charge < -0.3 is 14.8 Å². The summed E-state index contributed by atoms with van der Waals surface area (Å²) in [5.74, 6) is 0.736. The number of carbonyl (C=O) groups is 1. The van der Waals surface area contributed by atoms with E-state index < -0.39 is 15.4 Å². The number of amides is 1. The molecule has 1 saturated heterocycles. The molecular weight excluding hydrogens is 442 g/mol. The lowest BCUT2D eigenvalue weighted by atomic mass is 9.65. The topological polar surface area (TPSA) is 97.0 Å². The van der Waals surface area contributed by atoms with E-state index in [1.807, 2.05) is 0 Å². The molecule has 33 heavy (non-hydrogen) atoms. The monoisotopic (exact) mass is 471 g/mol. The van der Waals surface area contributed by atoms with Crippen LogP contribution >= 0.6 is 0 Å². The molecule has 2 N–H and O–H groups in total. The van der Waals surface area contributed by atoms with Crippen LogP contribution in [0.1, 0.15) is 37.7 Å². The van der Waals surface area contributed by atoms with Crippen LogP contribution in [0.3, 0.4) is 0 Å². The molecule has 5 rings (SSSR count). The quantitative estimate of drug-likeness (QED) is 0.613. The Bertz CT molecular complexity index is 1170. The molecule has 2 aliphatic heterocycles. The zero-order valence-corrected chi connectivity index (χ0v) is 19.5. The van der Waals surface area contributed by atoms with Gasteiger partial charge >= 0.3 is 0 Å². The van der Waals surface area contributed by atoms with Crippen molar-refractivity contribution < 1.29 is 22.7 Å². The van der Waals surface area contributed by atoms with E-state index in [0.29, 0.717) is 23.7 Å². The summed E-state index contributed by atoms with van der Waals surface area (Å²) in [4.78, 5) is 15.2. The molecule has 1 saturated carbocycles. The van der Waals surface area contributed by atoms with Crippen LogP contribution in [0.2, 0.25) is 0 Å².